The molecule has 0 aromatic heterocycles. The first-order chi connectivity index (χ1) is 12.8. The van der Waals surface area contributed by atoms with Crippen molar-refractivity contribution in [3.8, 4) is 0 Å². The molecule has 0 spiro atoms. The number of hydrazone groups is 1. The lowest BCUT2D eigenvalue weighted by atomic mass is 10.0. The van der Waals surface area contributed by atoms with Gasteiger partial charge in [-0.1, -0.05) is 41.9 Å². The number of aliphatic carboxylic acids is 1. The number of benzene rings is 1. The van der Waals surface area contributed by atoms with Gasteiger partial charge in [-0.15, -0.1) is 11.8 Å². The van der Waals surface area contributed by atoms with E-state index in [4.69, 9.17) is 17.3 Å². The number of β-lactam (4-membered cyclic amide) rings is 1. The van der Waals surface area contributed by atoms with Gasteiger partial charge in [-0.05, 0) is 5.56 Å². The first kappa shape index (κ1) is 19.2. The van der Waals surface area contributed by atoms with Gasteiger partial charge < -0.3 is 10.8 Å². The summed E-state index contributed by atoms with van der Waals surface area (Å²) in [7, 11) is 0. The third-order valence-corrected chi connectivity index (χ3v) is 5.88. The molecule has 3 rings (SSSR count). The maximum atomic E-state index is 12.6. The molecule has 27 heavy (non-hydrogen) atoms. The number of carbonyl (C=O) groups is 3. The summed E-state index contributed by atoms with van der Waals surface area (Å²) in [4.78, 5) is 37.2. The van der Waals surface area contributed by atoms with Crippen molar-refractivity contribution >= 4 is 47.0 Å². The van der Waals surface area contributed by atoms with Crippen molar-refractivity contribution in [3.63, 3.8) is 0 Å². The van der Waals surface area contributed by atoms with Crippen molar-refractivity contribution in [3.05, 3.63) is 46.6 Å². The van der Waals surface area contributed by atoms with Crippen LogP contribution in [-0.4, -0.2) is 55.8 Å². The molecule has 1 fully saturated rings. The lowest BCUT2D eigenvalue weighted by Gasteiger charge is -2.50. The van der Waals surface area contributed by atoms with Crippen molar-refractivity contribution < 1.29 is 19.5 Å². The smallest absolute Gasteiger partial charge is 0.353 e. The molecule has 0 bridgehead atoms. The SMILES string of the molecule is CC(=O)N(/N=C(\N)Cc1ccccc1)C1C(=O)N2C(C(=O)O)=C(Cl)CS[C@H]12. The molecule has 2 amide bonds. The number of hydrogen-bond acceptors (Lipinski definition) is 5. The number of nitrogens with zero attached hydrogens (tertiary/aromatic N) is 3. The van der Waals surface area contributed by atoms with Gasteiger partial charge in [0.15, 0.2) is 6.04 Å². The maximum absolute atomic E-state index is 12.6. The fourth-order valence-electron chi connectivity index (χ4n) is 2.96. The predicted molar refractivity (Wildman–Crippen MR) is 102 cm³/mol. The normalized spacial score (nSPS) is 22.2. The van der Waals surface area contributed by atoms with Gasteiger partial charge in [0, 0.05) is 19.1 Å². The topological polar surface area (TPSA) is 116 Å². The second-order valence-corrected chi connectivity index (χ2v) is 7.59. The molecule has 1 aromatic rings. The first-order valence-electron chi connectivity index (χ1n) is 8.04. The summed E-state index contributed by atoms with van der Waals surface area (Å²) in [6.07, 6.45) is 0.319. The summed E-state index contributed by atoms with van der Waals surface area (Å²) in [5.74, 6) is -1.87. The predicted octanol–water partition coefficient (Wildman–Crippen LogP) is 1.17. The van der Waals surface area contributed by atoms with Crippen LogP contribution in [0.15, 0.2) is 46.2 Å². The lowest BCUT2D eigenvalue weighted by Crippen LogP contribution is -2.70. The van der Waals surface area contributed by atoms with Crippen LogP contribution >= 0.6 is 23.4 Å². The Bertz CT molecular complexity index is 858. The summed E-state index contributed by atoms with van der Waals surface area (Å²) >= 11 is 7.24. The van der Waals surface area contributed by atoms with E-state index >= 15 is 0 Å². The van der Waals surface area contributed by atoms with Crippen LogP contribution in [0.5, 0.6) is 0 Å². The number of carboxylic acid groups (broad SMARTS) is 1. The van der Waals surface area contributed by atoms with Crippen molar-refractivity contribution in [2.75, 3.05) is 5.75 Å². The van der Waals surface area contributed by atoms with Crippen LogP contribution < -0.4 is 5.73 Å². The number of amides is 2. The van der Waals surface area contributed by atoms with Gasteiger partial charge in [0.2, 0.25) is 5.91 Å². The molecule has 2 heterocycles. The molecule has 1 aromatic carbocycles. The van der Waals surface area contributed by atoms with E-state index in [1.54, 1.807) is 0 Å². The van der Waals surface area contributed by atoms with Crippen LogP contribution in [-0.2, 0) is 20.8 Å². The molecule has 2 aliphatic heterocycles. The van der Waals surface area contributed by atoms with Crippen LogP contribution in [0, 0.1) is 0 Å². The quantitative estimate of drug-likeness (QED) is 0.327. The molecular formula is C17H17ClN4O4S. The van der Waals surface area contributed by atoms with E-state index < -0.39 is 29.2 Å². The van der Waals surface area contributed by atoms with E-state index in [0.717, 1.165) is 15.5 Å². The Morgan fingerprint density at radius 3 is 2.67 bits per heavy atom. The number of carboxylic acids is 1. The van der Waals surface area contributed by atoms with Crippen molar-refractivity contribution in [1.82, 2.24) is 9.91 Å². The molecular weight excluding hydrogens is 392 g/mol. The van der Waals surface area contributed by atoms with Gasteiger partial charge in [0.25, 0.3) is 5.91 Å². The van der Waals surface area contributed by atoms with Gasteiger partial charge in [-0.2, -0.15) is 5.10 Å². The van der Waals surface area contributed by atoms with E-state index in [2.05, 4.69) is 5.10 Å². The second kappa shape index (κ2) is 7.61. The highest BCUT2D eigenvalue weighted by Gasteiger charge is 2.57. The van der Waals surface area contributed by atoms with Gasteiger partial charge >= 0.3 is 5.97 Å². The zero-order valence-electron chi connectivity index (χ0n) is 14.3. The maximum Gasteiger partial charge on any atom is 0.353 e. The minimum Gasteiger partial charge on any atom is -0.477 e. The number of amidine groups is 1. The molecule has 0 radical (unpaired) electrons. The fourth-order valence-corrected chi connectivity index (χ4v) is 4.55. The Kier molecular flexibility index (Phi) is 5.43. The van der Waals surface area contributed by atoms with Gasteiger partial charge in [-0.3, -0.25) is 14.5 Å². The molecule has 2 atom stereocenters. The number of halogens is 1. The number of rotatable bonds is 5. The highest BCUT2D eigenvalue weighted by atomic mass is 35.5. The minimum atomic E-state index is -1.28. The van der Waals surface area contributed by atoms with Crippen LogP contribution in [0.2, 0.25) is 0 Å². The monoisotopic (exact) mass is 408 g/mol. The average molecular weight is 409 g/mol. The Morgan fingerprint density at radius 1 is 1.41 bits per heavy atom. The van der Waals surface area contributed by atoms with E-state index in [9.17, 15) is 19.5 Å². The molecule has 142 valence electrons. The Morgan fingerprint density at radius 2 is 2.07 bits per heavy atom. The van der Waals surface area contributed by atoms with E-state index in [1.165, 1.54) is 18.7 Å². The highest BCUT2D eigenvalue weighted by molar-refractivity contribution is 8.00. The summed E-state index contributed by atoms with van der Waals surface area (Å²) in [6.45, 7) is 1.28. The molecule has 3 N–H and O–H groups in total. The third kappa shape index (κ3) is 3.65. The number of fused-ring (bicyclic) bond motifs is 1. The van der Waals surface area contributed by atoms with Gasteiger partial charge in [0.1, 0.15) is 16.9 Å². The van der Waals surface area contributed by atoms with Crippen LogP contribution in [0.4, 0.5) is 0 Å². The van der Waals surface area contributed by atoms with Crippen LogP contribution in [0.1, 0.15) is 12.5 Å². The lowest BCUT2D eigenvalue weighted by molar-refractivity contribution is -0.159. The number of hydrogen-bond donors (Lipinski definition) is 2. The molecule has 1 saturated heterocycles. The summed E-state index contributed by atoms with van der Waals surface area (Å²) in [5.41, 5.74) is 6.64. The Labute approximate surface area is 164 Å². The van der Waals surface area contributed by atoms with Crippen LogP contribution in [0.25, 0.3) is 0 Å². The summed E-state index contributed by atoms with van der Waals surface area (Å²) < 4.78 is 0. The first-order valence-corrected chi connectivity index (χ1v) is 9.47. The minimum absolute atomic E-state index is 0.0945. The highest BCUT2D eigenvalue weighted by Crippen LogP contribution is 2.43. The average Bonchev–Trinajstić information content (AvgIpc) is 2.61. The Hall–Kier alpha value is -2.52. The second-order valence-electron chi connectivity index (χ2n) is 6.03. The standard InChI is InChI=1S/C17H17ClN4O4S/c1-9(23)22(20-12(19)7-10-5-3-2-4-6-10)14-15(24)21-13(17(25)26)11(18)8-27-16(14)21/h2-6,14,16H,7-8H2,1H3,(H2,19,20)(H,25,26)/t14?,16-/m1/s1. The molecule has 8 nitrogen and oxygen atoms in total. The molecule has 10 heteroatoms. The van der Waals surface area contributed by atoms with E-state index in [0.29, 0.717) is 6.42 Å². The van der Waals surface area contributed by atoms with Crippen molar-refractivity contribution in [2.24, 2.45) is 10.8 Å². The largest absolute Gasteiger partial charge is 0.477 e. The molecule has 0 aliphatic carbocycles. The fraction of sp³-hybridized carbons (Fsp3) is 0.294. The Balaban J connectivity index is 1.83. The van der Waals surface area contributed by atoms with E-state index in [1.807, 2.05) is 30.3 Å². The zero-order chi connectivity index (χ0) is 19.7. The van der Waals surface area contributed by atoms with Crippen LogP contribution in [0.3, 0.4) is 0 Å². The molecule has 1 unspecified atom stereocenters. The summed E-state index contributed by atoms with van der Waals surface area (Å²) in [6, 6.07) is 8.43. The third-order valence-electron chi connectivity index (χ3n) is 4.15. The summed E-state index contributed by atoms with van der Waals surface area (Å²) in [5, 5.41) is 14.0. The molecule has 2 aliphatic rings. The number of thioether (sulfide) groups is 1. The molecule has 0 saturated carbocycles. The van der Waals surface area contributed by atoms with Crippen molar-refractivity contribution in [2.45, 2.75) is 24.8 Å². The van der Waals surface area contributed by atoms with E-state index in [-0.39, 0.29) is 22.3 Å². The number of nitrogens with two attached hydrogens (primary N) is 1. The number of carbonyl (C=O) groups excluding carboxylic acids is 2. The zero-order valence-corrected chi connectivity index (χ0v) is 15.9. The van der Waals surface area contributed by atoms with Gasteiger partial charge in [-0.25, -0.2) is 9.80 Å². The van der Waals surface area contributed by atoms with Gasteiger partial charge in [0.05, 0.1) is 5.03 Å². The van der Waals surface area contributed by atoms with Crippen molar-refractivity contribution in [1.29, 1.82) is 0 Å².